The van der Waals surface area contributed by atoms with Gasteiger partial charge < -0.3 is 70.7 Å². The first-order valence-electron chi connectivity index (χ1n) is 44.8. The van der Waals surface area contributed by atoms with Gasteiger partial charge in [0.05, 0.1) is 60.7 Å². The van der Waals surface area contributed by atoms with Gasteiger partial charge in [0.1, 0.15) is 114 Å². The summed E-state index contributed by atoms with van der Waals surface area (Å²) in [5, 5.41) is 28.5. The maximum absolute atomic E-state index is 13.7. The van der Waals surface area contributed by atoms with Gasteiger partial charge in [-0.15, -0.1) is 0 Å². The fraction of sp³-hybridized carbons (Fsp3) is 0.347. The van der Waals surface area contributed by atoms with E-state index in [9.17, 15) is 58.7 Å². The van der Waals surface area contributed by atoms with Crippen molar-refractivity contribution in [1.82, 2.24) is 60.8 Å². The number of benzene rings is 8. The second-order valence-electron chi connectivity index (χ2n) is 34.1. The van der Waals surface area contributed by atoms with E-state index in [1.165, 1.54) is 48.5 Å². The quantitative estimate of drug-likeness (QED) is 0.0168. The molecule has 12 aromatic rings. The number of hydrogen-bond acceptors (Lipinski definition) is 24. The summed E-state index contributed by atoms with van der Waals surface area (Å²) in [6, 6.07) is 51.7. The first-order chi connectivity index (χ1) is 66.8. The number of amides is 4. The van der Waals surface area contributed by atoms with E-state index in [-0.39, 0.29) is 112 Å². The molecule has 0 spiro atoms. The van der Waals surface area contributed by atoms with Gasteiger partial charge in [-0.25, -0.2) is 37.5 Å². The second kappa shape index (κ2) is 50.9. The van der Waals surface area contributed by atoms with Crippen LogP contribution in [0.3, 0.4) is 0 Å². The number of aliphatic hydroxyl groups excluding tert-OH is 1. The average molecular weight is 2120 g/mol. The highest BCUT2D eigenvalue weighted by molar-refractivity contribution is 7.86. The minimum Gasteiger partial charge on any atom is -0.492 e. The van der Waals surface area contributed by atoms with Crippen LogP contribution in [-0.4, -0.2) is 251 Å². The number of carbonyl (C=O) groups excluding carboxylic acids is 4. The Bertz CT molecular complexity index is 6210. The molecular weight excluding hydrogens is 2020 g/mol. The van der Waals surface area contributed by atoms with Crippen LogP contribution in [0.1, 0.15) is 93.3 Å². The molecular formula is C98H101Cl8F4N13O15S2. The molecule has 28 nitrogen and oxygen atoms in total. The van der Waals surface area contributed by atoms with Crippen molar-refractivity contribution in [3.63, 3.8) is 0 Å². The zero-order chi connectivity index (χ0) is 99.9. The lowest BCUT2D eigenvalue weighted by atomic mass is 10.0. The van der Waals surface area contributed by atoms with Crippen molar-refractivity contribution in [2.24, 2.45) is 5.73 Å². The Balaban J connectivity index is 0.000000157. The molecule has 4 atom stereocenters. The summed E-state index contributed by atoms with van der Waals surface area (Å²) >= 11 is 46.7. The minimum atomic E-state index is -3.74. The summed E-state index contributed by atoms with van der Waals surface area (Å²) in [6.45, 7) is 7.40. The number of likely N-dealkylation sites (tertiary alicyclic amines) is 4. The Labute approximate surface area is 847 Å². The lowest BCUT2D eigenvalue weighted by Gasteiger charge is -2.34. The summed E-state index contributed by atoms with van der Waals surface area (Å²) in [5.74, 6) is -2.06. The number of pyridine rings is 4. The number of hydrogen-bond donors (Lipinski definition) is 6. The smallest absolute Gasteiger partial charge is 0.270 e. The van der Waals surface area contributed by atoms with Gasteiger partial charge in [-0.05, 0) is 197 Å². The molecule has 0 bridgehead atoms. The van der Waals surface area contributed by atoms with Gasteiger partial charge in [0.15, 0.2) is 0 Å². The van der Waals surface area contributed by atoms with Crippen LogP contribution in [0.15, 0.2) is 194 Å². The predicted octanol–water partition coefficient (Wildman–Crippen LogP) is 17.2. The highest BCUT2D eigenvalue weighted by Crippen LogP contribution is 2.30. The molecule has 0 aliphatic carbocycles. The van der Waals surface area contributed by atoms with E-state index in [1.54, 1.807) is 91.0 Å². The Morgan fingerprint density at radius 3 is 0.850 bits per heavy atom. The first kappa shape index (κ1) is 107. The molecule has 4 saturated heterocycles. The summed E-state index contributed by atoms with van der Waals surface area (Å²) < 4.78 is 134. The number of nitrogens with two attached hydrogens (primary N) is 1. The summed E-state index contributed by atoms with van der Waals surface area (Å²) in [7, 11) is -7.48. The van der Waals surface area contributed by atoms with Gasteiger partial charge in [0.2, 0.25) is 0 Å². The van der Waals surface area contributed by atoms with Crippen molar-refractivity contribution < 1.29 is 86.0 Å². The molecule has 0 saturated carbocycles. The Kier molecular flexibility index (Phi) is 39.0. The molecule has 140 heavy (non-hydrogen) atoms. The number of piperidine rings is 4. The normalized spacial score (nSPS) is 16.0. The second-order valence-corrected chi connectivity index (χ2v) is 40.7. The summed E-state index contributed by atoms with van der Waals surface area (Å²) in [5.41, 5.74) is 10.4. The zero-order valence-electron chi connectivity index (χ0n) is 75.7. The number of ether oxygens (including phenoxy) is 4. The zero-order valence-corrected chi connectivity index (χ0v) is 83.4. The average Bonchev–Trinajstić information content (AvgIpc) is 0.826. The fourth-order valence-corrected chi connectivity index (χ4v) is 18.5. The third kappa shape index (κ3) is 33.6. The van der Waals surface area contributed by atoms with Crippen LogP contribution in [0.4, 0.5) is 17.6 Å². The predicted molar refractivity (Wildman–Crippen MR) is 536 cm³/mol. The highest BCUT2D eigenvalue weighted by atomic mass is 35.5. The van der Waals surface area contributed by atoms with Gasteiger partial charge in [-0.2, -0.15) is 16.8 Å². The molecule has 4 amide bonds. The third-order valence-corrected chi connectivity index (χ3v) is 26.5. The third-order valence-electron chi connectivity index (χ3n) is 23.1. The molecule has 16 rings (SSSR count). The van der Waals surface area contributed by atoms with Crippen molar-refractivity contribution >= 4 is 180 Å². The molecule has 7 N–H and O–H groups in total. The highest BCUT2D eigenvalue weighted by Gasteiger charge is 2.32. The first-order valence-corrected chi connectivity index (χ1v) is 51.4. The van der Waals surface area contributed by atoms with Gasteiger partial charge in [0, 0.05) is 169 Å². The SMILES string of the molecule is CS(=O)(=O)OC(COc1ccc(Cl)c(F)c1)CN1CCC(NC(=O)c2ccc3cc(Cl)ccc3n2)CC1.CS(=O)(=O)OC(COc1ccc(Cl)c(F)c1)CN1CCC(NC(=O)c2ccc3cc(Cl)ccc3n2)CC1.NC(COc1ccc(Cl)c(F)c1)CN1CCC(NC(=O)c2ccc3cc(Cl)ccc3n2)CC1.O=C(NC1CCN(CC(O)COc2ccc(Cl)c(F)c2)CC1)c1ccc2cc(Cl)ccc2n1. The molecule has 4 fully saturated rings. The molecule has 0 radical (unpaired) electrons. The van der Waals surface area contributed by atoms with Crippen LogP contribution in [0, 0.1) is 23.3 Å². The van der Waals surface area contributed by atoms with Crippen LogP contribution in [0.2, 0.25) is 40.2 Å². The molecule has 8 aromatic carbocycles. The van der Waals surface area contributed by atoms with E-state index in [0.717, 1.165) is 109 Å². The number of nitrogens with one attached hydrogen (secondary N) is 4. The molecule has 4 unspecified atom stereocenters. The van der Waals surface area contributed by atoms with E-state index in [4.69, 9.17) is 126 Å². The van der Waals surface area contributed by atoms with Crippen LogP contribution in [0.5, 0.6) is 23.0 Å². The Morgan fingerprint density at radius 1 is 0.350 bits per heavy atom. The number of carbonyl (C=O) groups is 4. The monoisotopic (exact) mass is 2120 g/mol. The number of fused-ring (bicyclic) bond motifs is 4. The Morgan fingerprint density at radius 2 is 0.593 bits per heavy atom. The molecule has 8 heterocycles. The molecule has 744 valence electrons. The van der Waals surface area contributed by atoms with E-state index >= 15 is 0 Å². The lowest BCUT2D eigenvalue weighted by molar-refractivity contribution is 0.0566. The standard InChI is InChI=1S/2C25H26Cl2FN3O5S.C24H25Cl2FN4O2.C24H24Cl2FN3O3/c2*1-37(33,34)36-20(15-35-19-4-5-21(27)22(28)13-19)14-31-10-8-18(9-11-31)29-25(32)24-6-2-16-12-17(26)3-7-23(16)30-24;25-16-2-6-22-15(11-16)1-5-23(30-22)24(32)29-18-7-9-31(10-8-18)13-17(28)14-33-19-3-4-20(26)21(27)12-19;25-16-2-6-22-15(11-16)1-5-23(29-22)24(32)28-17-7-9-30(10-8-17)13-18(31)14-33-19-3-4-20(26)21(27)12-19/h2*2-7,12-13,18,20H,8-11,14-15H2,1H3,(H,29,32);1-6,11-12,17-18H,7-10,13-14,28H2,(H,29,32);1-6,11-12,17-18,31H,7-10,13-14H2,(H,28,32). The maximum atomic E-state index is 13.7. The van der Waals surface area contributed by atoms with Gasteiger partial charge in [-0.3, -0.25) is 27.5 Å². The minimum absolute atomic E-state index is 0.0270. The largest absolute Gasteiger partial charge is 0.492 e. The van der Waals surface area contributed by atoms with Gasteiger partial charge in [0.25, 0.3) is 43.9 Å². The van der Waals surface area contributed by atoms with Crippen LogP contribution >= 0.6 is 92.8 Å². The number of rotatable bonds is 32. The van der Waals surface area contributed by atoms with Crippen LogP contribution < -0.4 is 45.9 Å². The van der Waals surface area contributed by atoms with Crippen LogP contribution in [-0.2, 0) is 28.6 Å². The molecule has 4 aromatic heterocycles. The van der Waals surface area contributed by atoms with E-state index in [1.807, 2.05) is 52.3 Å². The summed E-state index contributed by atoms with van der Waals surface area (Å²) in [6.07, 6.45) is 5.50. The number of halogens is 12. The van der Waals surface area contributed by atoms with E-state index in [0.29, 0.717) is 143 Å². The molecule has 4 aliphatic rings. The number of aliphatic hydroxyl groups is 1. The van der Waals surface area contributed by atoms with Crippen molar-refractivity contribution in [3.8, 4) is 23.0 Å². The van der Waals surface area contributed by atoms with Gasteiger partial charge in [-0.1, -0.05) is 117 Å². The Hall–Kier alpha value is -9.90. The fourth-order valence-electron chi connectivity index (χ4n) is 16.0. The van der Waals surface area contributed by atoms with Crippen molar-refractivity contribution in [3.05, 3.63) is 280 Å². The van der Waals surface area contributed by atoms with Gasteiger partial charge >= 0.3 is 0 Å². The van der Waals surface area contributed by atoms with Crippen molar-refractivity contribution in [2.45, 2.75) is 99.9 Å². The lowest BCUT2D eigenvalue weighted by Crippen LogP contribution is -2.48. The van der Waals surface area contributed by atoms with Crippen molar-refractivity contribution in [2.75, 3.05) is 117 Å². The van der Waals surface area contributed by atoms with Crippen molar-refractivity contribution in [1.29, 1.82) is 0 Å². The number of aromatic nitrogens is 4. The number of nitrogens with zero attached hydrogens (tertiary/aromatic N) is 8. The molecule has 4 aliphatic heterocycles. The van der Waals surface area contributed by atoms with Crippen LogP contribution in [0.25, 0.3) is 43.6 Å². The van der Waals surface area contributed by atoms with E-state index in [2.05, 4.69) is 51.0 Å². The topological polar surface area (TPSA) is 351 Å². The maximum Gasteiger partial charge on any atom is 0.270 e. The summed E-state index contributed by atoms with van der Waals surface area (Å²) in [4.78, 5) is 77.0. The molecule has 42 heteroatoms. The number of β-amino-alcohol motifs (C(OH)–C–C–N with tert-alkyl or cyclic N) is 1. The van der Waals surface area contributed by atoms with E-state index < -0.39 is 61.8 Å².